The van der Waals surface area contributed by atoms with Crippen molar-refractivity contribution in [2.45, 2.75) is 0 Å². The summed E-state index contributed by atoms with van der Waals surface area (Å²) < 4.78 is 26.6. The Hall–Kier alpha value is -2.83. The normalized spacial score (nSPS) is 10.1. The summed E-state index contributed by atoms with van der Waals surface area (Å²) in [5, 5.41) is 12.8. The molecule has 0 radical (unpaired) electrons. The number of carbonyl (C=O) groups excluding carboxylic acids is 1. The first-order valence-corrected chi connectivity index (χ1v) is 5.49. The maximum atomic E-state index is 13.6. The lowest BCUT2D eigenvalue weighted by molar-refractivity contribution is -0.384. The highest BCUT2D eigenvalue weighted by molar-refractivity contribution is 6.05. The topological polar surface area (TPSA) is 72.2 Å². The fourth-order valence-electron chi connectivity index (χ4n) is 1.60. The highest BCUT2D eigenvalue weighted by Crippen LogP contribution is 2.29. The van der Waals surface area contributed by atoms with Crippen molar-refractivity contribution in [3.8, 4) is 0 Å². The van der Waals surface area contributed by atoms with E-state index >= 15 is 0 Å². The van der Waals surface area contributed by atoms with Crippen molar-refractivity contribution >= 4 is 17.3 Å². The monoisotopic (exact) mass is 278 g/mol. The minimum absolute atomic E-state index is 0.200. The minimum Gasteiger partial charge on any atom is -0.314 e. The third kappa shape index (κ3) is 2.77. The van der Waals surface area contributed by atoms with Gasteiger partial charge in [-0.25, -0.2) is 8.78 Å². The molecule has 1 amide bonds. The van der Waals surface area contributed by atoms with Crippen LogP contribution in [0.25, 0.3) is 0 Å². The first-order valence-electron chi connectivity index (χ1n) is 5.49. The molecule has 0 spiro atoms. The molecule has 0 atom stereocenters. The SMILES string of the molecule is O=C(Nc1c(F)cc(F)cc1[N+](=O)[O-])c1ccccc1. The van der Waals surface area contributed by atoms with Crippen LogP contribution < -0.4 is 5.32 Å². The Morgan fingerprint density at radius 2 is 1.80 bits per heavy atom. The lowest BCUT2D eigenvalue weighted by atomic mass is 10.2. The number of nitro groups is 1. The summed E-state index contributed by atoms with van der Waals surface area (Å²) in [5.74, 6) is -3.02. The van der Waals surface area contributed by atoms with E-state index in [1.807, 2.05) is 0 Å². The van der Waals surface area contributed by atoms with E-state index in [1.54, 1.807) is 18.2 Å². The number of nitrogens with one attached hydrogen (secondary N) is 1. The number of hydrogen-bond donors (Lipinski definition) is 1. The second-order valence-corrected chi connectivity index (χ2v) is 3.86. The standard InChI is InChI=1S/C13H8F2N2O3/c14-9-6-10(15)12(11(7-9)17(19)20)16-13(18)8-4-2-1-3-5-8/h1-7H,(H,16,18). The first kappa shape index (κ1) is 13.6. The van der Waals surface area contributed by atoms with Crippen LogP contribution in [0.1, 0.15) is 10.4 Å². The van der Waals surface area contributed by atoms with Crippen molar-refractivity contribution in [3.05, 3.63) is 69.8 Å². The highest BCUT2D eigenvalue weighted by Gasteiger charge is 2.22. The highest BCUT2D eigenvalue weighted by atomic mass is 19.1. The molecular weight excluding hydrogens is 270 g/mol. The number of nitro benzene ring substituents is 1. The van der Waals surface area contributed by atoms with E-state index in [0.29, 0.717) is 12.1 Å². The predicted molar refractivity (Wildman–Crippen MR) is 67.4 cm³/mol. The van der Waals surface area contributed by atoms with Crippen LogP contribution in [0.4, 0.5) is 20.2 Å². The smallest absolute Gasteiger partial charge is 0.298 e. The molecule has 7 heteroatoms. The van der Waals surface area contributed by atoms with Gasteiger partial charge in [-0.3, -0.25) is 14.9 Å². The summed E-state index contributed by atoms with van der Waals surface area (Å²) in [6.45, 7) is 0. The Labute approximate surface area is 112 Å². The summed E-state index contributed by atoms with van der Waals surface area (Å²) in [4.78, 5) is 21.6. The van der Waals surface area contributed by atoms with Gasteiger partial charge in [-0.05, 0) is 12.1 Å². The van der Waals surface area contributed by atoms with E-state index < -0.39 is 33.8 Å². The van der Waals surface area contributed by atoms with Crippen molar-refractivity contribution in [1.29, 1.82) is 0 Å². The van der Waals surface area contributed by atoms with Crippen LogP contribution in [0, 0.1) is 21.7 Å². The van der Waals surface area contributed by atoms with Crippen LogP contribution in [0.3, 0.4) is 0 Å². The molecule has 0 aliphatic rings. The summed E-state index contributed by atoms with van der Waals surface area (Å²) >= 11 is 0. The lowest BCUT2D eigenvalue weighted by Gasteiger charge is -2.07. The fraction of sp³-hybridized carbons (Fsp3) is 0. The zero-order valence-corrected chi connectivity index (χ0v) is 9.97. The number of benzene rings is 2. The zero-order valence-electron chi connectivity index (χ0n) is 9.97. The van der Waals surface area contributed by atoms with Crippen LogP contribution in [-0.2, 0) is 0 Å². The van der Waals surface area contributed by atoms with Crippen molar-refractivity contribution in [2.24, 2.45) is 0 Å². The van der Waals surface area contributed by atoms with Crippen LogP contribution in [-0.4, -0.2) is 10.8 Å². The Balaban J connectivity index is 2.39. The van der Waals surface area contributed by atoms with E-state index in [4.69, 9.17) is 0 Å². The number of rotatable bonds is 3. The molecule has 102 valence electrons. The molecule has 0 aliphatic carbocycles. The van der Waals surface area contributed by atoms with E-state index in [1.165, 1.54) is 12.1 Å². The molecule has 0 saturated heterocycles. The van der Waals surface area contributed by atoms with E-state index in [2.05, 4.69) is 5.32 Å². The Bertz CT molecular complexity index is 675. The maximum Gasteiger partial charge on any atom is 0.298 e. The largest absolute Gasteiger partial charge is 0.314 e. The number of anilines is 1. The van der Waals surface area contributed by atoms with E-state index in [9.17, 15) is 23.7 Å². The van der Waals surface area contributed by atoms with Gasteiger partial charge in [-0.15, -0.1) is 0 Å². The summed E-state index contributed by atoms with van der Waals surface area (Å²) in [5.41, 5.74) is -1.30. The Morgan fingerprint density at radius 1 is 1.15 bits per heavy atom. The number of amides is 1. The molecule has 2 aromatic carbocycles. The molecule has 2 rings (SSSR count). The van der Waals surface area contributed by atoms with E-state index in [-0.39, 0.29) is 5.56 Å². The fourth-order valence-corrected chi connectivity index (χ4v) is 1.60. The number of halogens is 2. The number of nitrogens with zero attached hydrogens (tertiary/aromatic N) is 1. The third-order valence-electron chi connectivity index (χ3n) is 2.51. The lowest BCUT2D eigenvalue weighted by Crippen LogP contribution is -2.14. The van der Waals surface area contributed by atoms with Crippen molar-refractivity contribution < 1.29 is 18.5 Å². The molecule has 0 saturated carbocycles. The first-order chi connectivity index (χ1) is 9.49. The van der Waals surface area contributed by atoms with Gasteiger partial charge in [0.2, 0.25) is 0 Å². The van der Waals surface area contributed by atoms with Crippen LogP contribution in [0.5, 0.6) is 0 Å². The molecular formula is C13H8F2N2O3. The molecule has 5 nitrogen and oxygen atoms in total. The van der Waals surface area contributed by atoms with E-state index in [0.717, 1.165) is 0 Å². The summed E-state index contributed by atoms with van der Waals surface area (Å²) in [6.07, 6.45) is 0. The zero-order chi connectivity index (χ0) is 14.7. The molecule has 0 unspecified atom stereocenters. The van der Waals surface area contributed by atoms with Crippen molar-refractivity contribution in [3.63, 3.8) is 0 Å². The molecule has 0 aliphatic heterocycles. The van der Waals surface area contributed by atoms with Gasteiger partial charge in [0, 0.05) is 11.6 Å². The second-order valence-electron chi connectivity index (χ2n) is 3.86. The molecule has 20 heavy (non-hydrogen) atoms. The molecule has 0 heterocycles. The Morgan fingerprint density at radius 3 is 2.40 bits per heavy atom. The van der Waals surface area contributed by atoms with Gasteiger partial charge in [0.15, 0.2) is 11.5 Å². The van der Waals surface area contributed by atoms with Crippen LogP contribution in [0.2, 0.25) is 0 Å². The third-order valence-corrected chi connectivity index (χ3v) is 2.51. The van der Waals surface area contributed by atoms with Gasteiger partial charge in [-0.2, -0.15) is 0 Å². The van der Waals surface area contributed by atoms with Crippen molar-refractivity contribution in [1.82, 2.24) is 0 Å². The van der Waals surface area contributed by atoms with Gasteiger partial charge in [0.25, 0.3) is 11.6 Å². The van der Waals surface area contributed by atoms with Gasteiger partial charge in [0.05, 0.1) is 11.0 Å². The van der Waals surface area contributed by atoms with Gasteiger partial charge >= 0.3 is 0 Å². The molecule has 1 N–H and O–H groups in total. The summed E-state index contributed by atoms with van der Waals surface area (Å²) in [7, 11) is 0. The average molecular weight is 278 g/mol. The predicted octanol–water partition coefficient (Wildman–Crippen LogP) is 3.13. The maximum absolute atomic E-state index is 13.6. The van der Waals surface area contributed by atoms with Crippen LogP contribution in [0.15, 0.2) is 42.5 Å². The molecule has 0 aromatic heterocycles. The molecule has 0 fully saturated rings. The number of hydrogen-bond acceptors (Lipinski definition) is 3. The average Bonchev–Trinajstić information content (AvgIpc) is 2.42. The van der Waals surface area contributed by atoms with Gasteiger partial charge in [-0.1, -0.05) is 18.2 Å². The van der Waals surface area contributed by atoms with Crippen LogP contribution >= 0.6 is 0 Å². The second kappa shape index (κ2) is 5.43. The molecule has 0 bridgehead atoms. The number of carbonyl (C=O) groups is 1. The quantitative estimate of drug-likeness (QED) is 0.692. The van der Waals surface area contributed by atoms with Gasteiger partial charge < -0.3 is 5.32 Å². The van der Waals surface area contributed by atoms with Crippen molar-refractivity contribution in [2.75, 3.05) is 5.32 Å². The minimum atomic E-state index is -1.21. The van der Waals surface area contributed by atoms with Gasteiger partial charge in [0.1, 0.15) is 5.82 Å². The summed E-state index contributed by atoms with van der Waals surface area (Å²) in [6, 6.07) is 8.79. The molecule has 2 aromatic rings. The Kier molecular flexibility index (Phi) is 3.69.